The van der Waals surface area contributed by atoms with Gasteiger partial charge in [0.1, 0.15) is 17.9 Å². The van der Waals surface area contributed by atoms with Crippen LogP contribution in [0.1, 0.15) is 77.7 Å². The highest BCUT2D eigenvalue weighted by atomic mass is 31.2. The molecule has 0 saturated carbocycles. The third kappa shape index (κ3) is 5.66. The number of rotatable bonds is 9. The fraction of sp³-hybridized carbons (Fsp3) is 0.714. The molecule has 1 fully saturated rings. The van der Waals surface area contributed by atoms with Crippen LogP contribution in [0.5, 0.6) is 0 Å². The van der Waals surface area contributed by atoms with E-state index in [1.807, 2.05) is 6.92 Å². The van der Waals surface area contributed by atoms with E-state index in [1.165, 1.54) is 6.92 Å². The van der Waals surface area contributed by atoms with Gasteiger partial charge in [-0.1, -0.05) is 26.2 Å². The maximum atomic E-state index is 15.1. The van der Waals surface area contributed by atoms with Crippen molar-refractivity contribution in [2.45, 2.75) is 95.7 Å². The highest BCUT2D eigenvalue weighted by Crippen LogP contribution is 2.59. The van der Waals surface area contributed by atoms with Crippen molar-refractivity contribution in [2.24, 2.45) is 0 Å². The summed E-state index contributed by atoms with van der Waals surface area (Å²) in [5.74, 6) is 5.29. The number of aromatic nitrogens is 2. The van der Waals surface area contributed by atoms with Crippen molar-refractivity contribution in [3.63, 3.8) is 0 Å². The van der Waals surface area contributed by atoms with Crippen LogP contribution in [0.15, 0.2) is 11.0 Å². The average Bonchev–Trinajstić information content (AvgIpc) is 2.96. The summed E-state index contributed by atoms with van der Waals surface area (Å²) in [6, 6.07) is 0. The summed E-state index contributed by atoms with van der Waals surface area (Å²) in [5, 5.41) is 18.9. The summed E-state index contributed by atoms with van der Waals surface area (Å²) in [4.78, 5) is 28.0. The normalized spacial score (nSPS) is 28.8. The lowest BCUT2D eigenvalue weighted by molar-refractivity contribution is -0.0550. The standard InChI is InChI=1S/C21H32FN2O7P/c1-6-9-14-13(12-23-19(26)24-14)18-16(22)17(25)15(30-18)11-20(4,10-7-2)31-32(28,29)21(5,27)8-3/h12,15-18,25,27H,7-8,10-11H2,1-5H3,(H,28,29)(H,23,24,26)/t15-,16+,17?,18+,20?,21?/m1/s1. The molecule has 0 aliphatic carbocycles. The number of hydrogen-bond acceptors (Lipinski definition) is 7. The lowest BCUT2D eigenvalue weighted by Gasteiger charge is -2.38. The van der Waals surface area contributed by atoms with E-state index in [0.29, 0.717) is 12.8 Å². The highest BCUT2D eigenvalue weighted by Gasteiger charge is 2.51. The van der Waals surface area contributed by atoms with Gasteiger partial charge in [0.05, 0.1) is 11.7 Å². The number of alkyl halides is 1. The maximum absolute atomic E-state index is 15.1. The monoisotopic (exact) mass is 474 g/mol. The zero-order valence-electron chi connectivity index (χ0n) is 19.0. The lowest BCUT2D eigenvalue weighted by Crippen LogP contribution is -2.40. The second-order valence-corrected chi connectivity index (χ2v) is 10.7. The van der Waals surface area contributed by atoms with Crippen molar-refractivity contribution >= 4 is 7.60 Å². The maximum Gasteiger partial charge on any atom is 0.359 e. The summed E-state index contributed by atoms with van der Waals surface area (Å²) in [6.07, 6.45) is -3.82. The minimum absolute atomic E-state index is 0.0133. The molecule has 7 atom stereocenters. The summed E-state index contributed by atoms with van der Waals surface area (Å²) in [6.45, 7) is 7.73. The smallest absolute Gasteiger partial charge is 0.359 e. The number of aliphatic hydroxyl groups excluding tert-OH is 1. The van der Waals surface area contributed by atoms with Crippen LogP contribution in [-0.2, 0) is 13.8 Å². The Morgan fingerprint density at radius 2 is 2.06 bits per heavy atom. The number of aliphatic hydroxyl groups is 2. The topological polar surface area (TPSA) is 142 Å². The van der Waals surface area contributed by atoms with E-state index in [1.54, 1.807) is 20.8 Å². The Balaban J connectivity index is 2.32. The molecule has 4 unspecified atom stereocenters. The predicted octanol–water partition coefficient (Wildman–Crippen LogP) is 2.55. The molecular weight excluding hydrogens is 442 g/mol. The van der Waals surface area contributed by atoms with Crippen LogP contribution in [0.2, 0.25) is 0 Å². The van der Waals surface area contributed by atoms with Crippen LogP contribution in [-0.4, -0.2) is 54.4 Å². The van der Waals surface area contributed by atoms with E-state index in [-0.39, 0.29) is 24.1 Å². The van der Waals surface area contributed by atoms with Gasteiger partial charge in [-0.05, 0) is 39.5 Å². The third-order valence-electron chi connectivity index (χ3n) is 5.75. The predicted molar refractivity (Wildman–Crippen MR) is 116 cm³/mol. The fourth-order valence-corrected chi connectivity index (χ4v) is 5.09. The number of nitrogens with one attached hydrogen (secondary N) is 1. The quantitative estimate of drug-likeness (QED) is 0.316. The minimum atomic E-state index is -4.48. The first-order valence-corrected chi connectivity index (χ1v) is 12.1. The summed E-state index contributed by atoms with van der Waals surface area (Å²) < 4.78 is 39.2. The number of halogens is 1. The van der Waals surface area contributed by atoms with Gasteiger partial charge >= 0.3 is 13.3 Å². The Morgan fingerprint density at radius 3 is 2.62 bits per heavy atom. The highest BCUT2D eigenvalue weighted by molar-refractivity contribution is 7.54. The Morgan fingerprint density at radius 1 is 1.41 bits per heavy atom. The van der Waals surface area contributed by atoms with E-state index in [9.17, 15) is 24.5 Å². The first kappa shape index (κ1) is 26.7. The second kappa shape index (κ2) is 10.1. The van der Waals surface area contributed by atoms with Gasteiger partial charge in [-0.2, -0.15) is 0 Å². The van der Waals surface area contributed by atoms with E-state index in [4.69, 9.17) is 9.26 Å². The molecule has 0 aromatic carbocycles. The molecule has 0 amide bonds. The van der Waals surface area contributed by atoms with Crippen molar-refractivity contribution in [3.8, 4) is 11.8 Å². The summed E-state index contributed by atoms with van der Waals surface area (Å²) in [7, 11) is -4.48. The van der Waals surface area contributed by atoms with Gasteiger partial charge in [-0.15, -0.1) is 0 Å². The van der Waals surface area contributed by atoms with Crippen LogP contribution in [0.3, 0.4) is 0 Å². The minimum Gasteiger partial charge on any atom is -0.387 e. The van der Waals surface area contributed by atoms with Crippen LogP contribution >= 0.6 is 7.60 Å². The molecule has 2 heterocycles. The number of hydrogen-bond donors (Lipinski definition) is 4. The first-order valence-electron chi connectivity index (χ1n) is 10.6. The molecule has 0 bridgehead atoms. The first-order chi connectivity index (χ1) is 14.8. The molecule has 1 aliphatic heterocycles. The Hall–Kier alpha value is -1.60. The lowest BCUT2D eigenvalue weighted by atomic mass is 9.91. The Bertz CT molecular complexity index is 973. The van der Waals surface area contributed by atoms with Gasteiger partial charge in [0.2, 0.25) is 0 Å². The zero-order valence-corrected chi connectivity index (χ0v) is 19.9. The molecule has 2 rings (SSSR count). The van der Waals surface area contributed by atoms with Crippen LogP contribution in [0.4, 0.5) is 4.39 Å². The fourth-order valence-electron chi connectivity index (χ4n) is 3.73. The second-order valence-electron chi connectivity index (χ2n) is 8.51. The van der Waals surface area contributed by atoms with Crippen molar-refractivity contribution in [2.75, 3.05) is 0 Å². The average molecular weight is 474 g/mol. The molecule has 1 aliphatic rings. The molecule has 1 aromatic rings. The molecule has 32 heavy (non-hydrogen) atoms. The SMILES string of the molecule is CC#Cc1[nH]c(=O)ncc1[C@@H]1O[C@H](CC(C)(CCC)OP(=O)(O)C(C)(O)CC)C(O)[C@@H]1F. The molecule has 9 nitrogen and oxygen atoms in total. The zero-order chi connectivity index (χ0) is 24.3. The number of ether oxygens (including phenoxy) is 1. The molecule has 4 N–H and O–H groups in total. The third-order valence-corrected chi connectivity index (χ3v) is 7.97. The molecule has 0 spiro atoms. The van der Waals surface area contributed by atoms with Crippen LogP contribution in [0.25, 0.3) is 0 Å². The van der Waals surface area contributed by atoms with E-state index >= 15 is 4.39 Å². The molecule has 180 valence electrons. The summed E-state index contributed by atoms with van der Waals surface area (Å²) in [5.41, 5.74) is -1.61. The van der Waals surface area contributed by atoms with Gasteiger partial charge in [-0.3, -0.25) is 9.55 Å². The molecule has 0 radical (unpaired) electrons. The van der Waals surface area contributed by atoms with Gasteiger partial charge in [0.15, 0.2) is 11.5 Å². The summed E-state index contributed by atoms with van der Waals surface area (Å²) >= 11 is 0. The van der Waals surface area contributed by atoms with E-state index in [0.717, 1.165) is 6.20 Å². The van der Waals surface area contributed by atoms with Gasteiger partial charge in [-0.25, -0.2) is 14.2 Å². The molecule has 1 saturated heterocycles. The van der Waals surface area contributed by atoms with E-state index < -0.39 is 48.7 Å². The number of aromatic amines is 1. The van der Waals surface area contributed by atoms with Crippen LogP contribution < -0.4 is 5.69 Å². The van der Waals surface area contributed by atoms with Crippen LogP contribution in [0, 0.1) is 11.8 Å². The molecular formula is C21H32FN2O7P. The van der Waals surface area contributed by atoms with Crippen molar-refractivity contribution in [3.05, 3.63) is 27.9 Å². The number of H-pyrrole nitrogens is 1. The number of nitrogens with zero attached hydrogens (tertiary/aromatic N) is 1. The van der Waals surface area contributed by atoms with Gasteiger partial charge < -0.3 is 24.4 Å². The van der Waals surface area contributed by atoms with Crippen molar-refractivity contribution in [1.29, 1.82) is 0 Å². The van der Waals surface area contributed by atoms with Crippen molar-refractivity contribution < 1.29 is 33.3 Å². The van der Waals surface area contributed by atoms with Gasteiger partial charge in [0.25, 0.3) is 0 Å². The van der Waals surface area contributed by atoms with Gasteiger partial charge in [0, 0.05) is 18.2 Å². The van der Waals surface area contributed by atoms with E-state index in [2.05, 4.69) is 21.8 Å². The molecule has 11 heteroatoms. The Kier molecular flexibility index (Phi) is 8.43. The molecule has 1 aromatic heterocycles. The Labute approximate surface area is 186 Å². The van der Waals surface area contributed by atoms with Crippen molar-refractivity contribution in [1.82, 2.24) is 9.97 Å². The largest absolute Gasteiger partial charge is 0.387 e.